The Morgan fingerprint density at radius 2 is 1.88 bits per heavy atom. The highest BCUT2D eigenvalue weighted by atomic mass is 16.6. The van der Waals surface area contributed by atoms with Gasteiger partial charge in [0.1, 0.15) is 0 Å². The van der Waals surface area contributed by atoms with E-state index in [1.807, 2.05) is 0 Å². The Hall–Kier alpha value is -1.38. The lowest BCUT2D eigenvalue weighted by atomic mass is 9.80. The normalized spacial score (nSPS) is 17.9. The summed E-state index contributed by atoms with van der Waals surface area (Å²) in [7, 11) is -0.720. The first kappa shape index (κ1) is 11.1. The molecular formula is C8H12BN3O4. The van der Waals surface area contributed by atoms with Crippen molar-refractivity contribution in [2.75, 3.05) is 26.3 Å². The van der Waals surface area contributed by atoms with Crippen LogP contribution in [0, 0.1) is 0 Å². The molecule has 1 saturated heterocycles. The fourth-order valence-electron chi connectivity index (χ4n) is 1.42. The van der Waals surface area contributed by atoms with Gasteiger partial charge in [0, 0.05) is 32.5 Å². The van der Waals surface area contributed by atoms with E-state index in [0.717, 1.165) is 0 Å². The third kappa shape index (κ3) is 2.60. The Morgan fingerprint density at radius 3 is 2.50 bits per heavy atom. The van der Waals surface area contributed by atoms with E-state index in [1.54, 1.807) is 0 Å². The fourth-order valence-corrected chi connectivity index (χ4v) is 1.42. The summed E-state index contributed by atoms with van der Waals surface area (Å²) >= 11 is 0. The largest absolute Gasteiger partial charge is 0.501 e. The highest BCUT2D eigenvalue weighted by molar-refractivity contribution is 6.61. The lowest BCUT2D eigenvalue weighted by Gasteiger charge is -2.17. The van der Waals surface area contributed by atoms with Gasteiger partial charge in [0.05, 0.1) is 5.46 Å². The van der Waals surface area contributed by atoms with E-state index in [0.29, 0.717) is 26.3 Å². The molecule has 1 aliphatic heterocycles. The van der Waals surface area contributed by atoms with Crippen LogP contribution in [0.15, 0.2) is 15.8 Å². The van der Waals surface area contributed by atoms with Crippen LogP contribution < -0.4 is 22.0 Å². The van der Waals surface area contributed by atoms with Crippen LogP contribution in [0.5, 0.6) is 0 Å². The first-order valence-electron chi connectivity index (χ1n) is 5.03. The smallest absolute Gasteiger partial charge is 0.406 e. The quantitative estimate of drug-likeness (QED) is 0.455. The number of H-pyrrole nitrogens is 2. The molecule has 0 saturated carbocycles. The first-order valence-corrected chi connectivity index (χ1v) is 5.03. The number of hydrogen-bond donors (Lipinski definition) is 3. The molecule has 0 amide bonds. The first-order chi connectivity index (χ1) is 7.77. The van der Waals surface area contributed by atoms with E-state index >= 15 is 0 Å². The van der Waals surface area contributed by atoms with Gasteiger partial charge in [-0.15, -0.1) is 0 Å². The van der Waals surface area contributed by atoms with Crippen molar-refractivity contribution in [1.29, 1.82) is 0 Å². The summed E-state index contributed by atoms with van der Waals surface area (Å²) in [6.07, 6.45) is 1.32. The Kier molecular flexibility index (Phi) is 3.55. The number of hydrogen-bond acceptors (Lipinski definition) is 5. The number of rotatable bonds is 1. The number of nitrogens with one attached hydrogen (secondary N) is 3. The monoisotopic (exact) mass is 225 g/mol. The standard InChI is InChI=1S/C8H12BN3O4/c13-7-6(5-11-8(14)12-7)9-15-3-1-10-2-4-16-9/h5,10H,1-4H2,(H2,11,12,13,14). The molecule has 0 bridgehead atoms. The average Bonchev–Trinajstić information content (AvgIpc) is 2.19. The second-order valence-corrected chi connectivity index (χ2v) is 3.35. The van der Waals surface area contributed by atoms with E-state index in [1.165, 1.54) is 6.20 Å². The molecule has 8 heteroatoms. The van der Waals surface area contributed by atoms with Gasteiger partial charge in [0.15, 0.2) is 0 Å². The maximum Gasteiger partial charge on any atom is 0.501 e. The molecule has 1 fully saturated rings. The zero-order valence-corrected chi connectivity index (χ0v) is 8.62. The van der Waals surface area contributed by atoms with E-state index in [-0.39, 0.29) is 5.46 Å². The Morgan fingerprint density at radius 1 is 1.19 bits per heavy atom. The molecule has 0 unspecified atom stereocenters. The van der Waals surface area contributed by atoms with Crippen molar-refractivity contribution in [3.05, 3.63) is 27.0 Å². The minimum absolute atomic E-state index is 0.279. The minimum atomic E-state index is -0.720. The highest BCUT2D eigenvalue weighted by Crippen LogP contribution is 1.90. The van der Waals surface area contributed by atoms with Gasteiger partial charge in [0.25, 0.3) is 5.56 Å². The van der Waals surface area contributed by atoms with Crippen LogP contribution >= 0.6 is 0 Å². The van der Waals surface area contributed by atoms with Crippen molar-refractivity contribution in [1.82, 2.24) is 15.3 Å². The molecule has 2 heterocycles. The van der Waals surface area contributed by atoms with Gasteiger partial charge in [-0.1, -0.05) is 0 Å². The Balaban J connectivity index is 2.20. The van der Waals surface area contributed by atoms with Crippen LogP contribution in [0.3, 0.4) is 0 Å². The Bertz CT molecular complexity index is 449. The highest BCUT2D eigenvalue weighted by Gasteiger charge is 2.25. The van der Waals surface area contributed by atoms with Crippen molar-refractivity contribution >= 4 is 12.6 Å². The maximum absolute atomic E-state index is 11.5. The molecule has 7 nitrogen and oxygen atoms in total. The van der Waals surface area contributed by atoms with Crippen LogP contribution in [0.25, 0.3) is 0 Å². The molecule has 3 N–H and O–H groups in total. The van der Waals surface area contributed by atoms with Crippen LogP contribution in [0.4, 0.5) is 0 Å². The molecule has 0 radical (unpaired) electrons. The van der Waals surface area contributed by atoms with E-state index in [4.69, 9.17) is 9.31 Å². The van der Waals surface area contributed by atoms with Crippen molar-refractivity contribution in [2.24, 2.45) is 0 Å². The Labute approximate surface area is 91.3 Å². The van der Waals surface area contributed by atoms with E-state index in [9.17, 15) is 9.59 Å². The molecule has 16 heavy (non-hydrogen) atoms. The van der Waals surface area contributed by atoms with Gasteiger partial charge in [-0.25, -0.2) is 4.79 Å². The SMILES string of the molecule is O=c1[nH]cc(B2OCCNCCO2)c(=O)[nH]1. The molecule has 1 aromatic rings. The van der Waals surface area contributed by atoms with Crippen LogP contribution in [0.1, 0.15) is 0 Å². The molecule has 0 aliphatic carbocycles. The molecule has 0 atom stereocenters. The summed E-state index contributed by atoms with van der Waals surface area (Å²) in [4.78, 5) is 26.8. The van der Waals surface area contributed by atoms with Crippen LogP contribution in [-0.4, -0.2) is 43.4 Å². The van der Waals surface area contributed by atoms with E-state index < -0.39 is 18.4 Å². The second-order valence-electron chi connectivity index (χ2n) is 3.35. The third-order valence-electron chi connectivity index (χ3n) is 2.20. The topological polar surface area (TPSA) is 96.2 Å². The molecule has 0 aromatic carbocycles. The van der Waals surface area contributed by atoms with Gasteiger partial charge in [-0.05, 0) is 0 Å². The van der Waals surface area contributed by atoms with Crippen molar-refractivity contribution in [2.45, 2.75) is 0 Å². The van der Waals surface area contributed by atoms with Crippen molar-refractivity contribution in [3.63, 3.8) is 0 Å². The molecule has 86 valence electrons. The molecule has 0 spiro atoms. The number of aromatic nitrogens is 2. The summed E-state index contributed by atoms with van der Waals surface area (Å²) in [6.45, 7) is 2.31. The number of aromatic amines is 2. The molecule has 1 aromatic heterocycles. The zero-order chi connectivity index (χ0) is 11.4. The molecular weight excluding hydrogens is 213 g/mol. The summed E-state index contributed by atoms with van der Waals surface area (Å²) in [5.41, 5.74) is -0.745. The van der Waals surface area contributed by atoms with Gasteiger partial charge in [-0.2, -0.15) is 0 Å². The second kappa shape index (κ2) is 5.11. The summed E-state index contributed by atoms with van der Waals surface area (Å²) in [5, 5.41) is 3.09. The van der Waals surface area contributed by atoms with Crippen molar-refractivity contribution in [3.8, 4) is 0 Å². The van der Waals surface area contributed by atoms with Gasteiger partial charge < -0.3 is 19.6 Å². The lowest BCUT2D eigenvalue weighted by Crippen LogP contribution is -2.51. The minimum Gasteiger partial charge on any atom is -0.406 e. The summed E-state index contributed by atoms with van der Waals surface area (Å²) in [6, 6.07) is 0. The van der Waals surface area contributed by atoms with Crippen LogP contribution in [-0.2, 0) is 9.31 Å². The summed E-state index contributed by atoms with van der Waals surface area (Å²) in [5.74, 6) is 0. The summed E-state index contributed by atoms with van der Waals surface area (Å²) < 4.78 is 10.7. The van der Waals surface area contributed by atoms with Crippen molar-refractivity contribution < 1.29 is 9.31 Å². The van der Waals surface area contributed by atoms with Gasteiger partial charge in [-0.3, -0.25) is 9.78 Å². The predicted octanol–water partition coefficient (Wildman–Crippen LogP) is -2.61. The van der Waals surface area contributed by atoms with E-state index in [2.05, 4.69) is 15.3 Å². The van der Waals surface area contributed by atoms with Gasteiger partial charge in [0.2, 0.25) is 0 Å². The van der Waals surface area contributed by atoms with Gasteiger partial charge >= 0.3 is 12.8 Å². The maximum atomic E-state index is 11.5. The lowest BCUT2D eigenvalue weighted by molar-refractivity contribution is 0.187. The fraction of sp³-hybridized carbons (Fsp3) is 0.500. The third-order valence-corrected chi connectivity index (χ3v) is 2.20. The predicted molar refractivity (Wildman–Crippen MR) is 57.8 cm³/mol. The zero-order valence-electron chi connectivity index (χ0n) is 8.62. The molecule has 2 rings (SSSR count). The molecule has 1 aliphatic rings. The average molecular weight is 225 g/mol. The van der Waals surface area contributed by atoms with Crippen LogP contribution in [0.2, 0.25) is 0 Å².